The van der Waals surface area contributed by atoms with Crippen LogP contribution in [-0.4, -0.2) is 24.2 Å². The Bertz CT molecular complexity index is 421. The first-order valence-electron chi connectivity index (χ1n) is 16.9. The number of hydrogen-bond acceptors (Lipinski definition) is 0. The molecule has 3 aliphatic rings. The standard InChI is InChI=1S/3C11H23Si.Cr/c3*1-4-12(5-2,6-3)11-9-7-8-10-11;/h3*4-10H2,1-3H3;/q3*-1;+3. The zero-order valence-electron chi connectivity index (χ0n) is 27.3. The molecule has 0 aliphatic heterocycles. The molecule has 1 radical (unpaired) electrons. The molecule has 0 amide bonds. The summed E-state index contributed by atoms with van der Waals surface area (Å²) >= 11 is 0. The molecule has 0 atom stereocenters. The Kier molecular flexibility index (Phi) is 20.8. The van der Waals surface area contributed by atoms with Gasteiger partial charge >= 0.3 is 17.4 Å². The maximum Gasteiger partial charge on any atom is 3.00 e. The van der Waals surface area contributed by atoms with Crippen molar-refractivity contribution >= 4 is 24.2 Å². The van der Waals surface area contributed by atoms with Crippen LogP contribution in [0.2, 0.25) is 54.4 Å². The van der Waals surface area contributed by atoms with Crippen LogP contribution in [0.15, 0.2) is 0 Å². The molecule has 0 spiro atoms. The van der Waals surface area contributed by atoms with E-state index >= 15 is 0 Å². The van der Waals surface area contributed by atoms with Crippen LogP contribution in [0.1, 0.15) is 139 Å². The molecule has 0 aromatic heterocycles. The molecule has 0 saturated heterocycles. The molecule has 0 nitrogen and oxygen atoms in total. The van der Waals surface area contributed by atoms with Gasteiger partial charge in [0, 0.05) is 0 Å². The van der Waals surface area contributed by atoms with Gasteiger partial charge in [-0.1, -0.05) is 179 Å². The van der Waals surface area contributed by atoms with Crippen LogP contribution in [0.5, 0.6) is 0 Å². The molecule has 3 rings (SSSR count). The molecule has 3 fully saturated rings. The van der Waals surface area contributed by atoms with Crippen molar-refractivity contribution in [3.8, 4) is 0 Å². The van der Waals surface area contributed by atoms with Crippen molar-refractivity contribution in [1.29, 1.82) is 0 Å². The van der Waals surface area contributed by atoms with Crippen LogP contribution >= 0.6 is 0 Å². The van der Waals surface area contributed by atoms with Crippen LogP contribution in [0.4, 0.5) is 0 Å². The average molecular weight is 602 g/mol. The van der Waals surface area contributed by atoms with Crippen molar-refractivity contribution in [3.05, 3.63) is 16.6 Å². The minimum absolute atomic E-state index is 0. The molecule has 0 N–H and O–H groups in total. The smallest absolute Gasteiger partial charge is 0.312 e. The zero-order valence-corrected chi connectivity index (χ0v) is 31.5. The van der Waals surface area contributed by atoms with E-state index in [1.165, 1.54) is 131 Å². The molecule has 0 aromatic carbocycles. The third-order valence-electron chi connectivity index (χ3n) is 12.0. The molecule has 219 valence electrons. The van der Waals surface area contributed by atoms with E-state index in [0.717, 1.165) is 0 Å². The van der Waals surface area contributed by atoms with Gasteiger partial charge in [0.05, 0.1) is 0 Å². The van der Waals surface area contributed by atoms with E-state index in [-0.39, 0.29) is 17.4 Å². The predicted octanol–water partition coefficient (Wildman–Crippen LogP) is 12.5. The molecule has 0 aromatic rings. The van der Waals surface area contributed by atoms with Crippen molar-refractivity contribution in [3.63, 3.8) is 0 Å². The molecular formula is C33H69CrSi3. The van der Waals surface area contributed by atoms with Crippen molar-refractivity contribution in [2.75, 3.05) is 0 Å². The van der Waals surface area contributed by atoms with E-state index in [1.807, 2.05) is 16.6 Å². The van der Waals surface area contributed by atoms with Crippen LogP contribution in [0.25, 0.3) is 0 Å². The van der Waals surface area contributed by atoms with E-state index in [1.54, 1.807) is 0 Å². The van der Waals surface area contributed by atoms with Gasteiger partial charge in [-0.3, -0.25) is 0 Å². The average Bonchev–Trinajstić information content (AvgIpc) is 3.74. The molecular weight excluding hydrogens is 533 g/mol. The summed E-state index contributed by atoms with van der Waals surface area (Å²) in [6.07, 6.45) is 17.9. The molecule has 3 saturated carbocycles. The summed E-state index contributed by atoms with van der Waals surface area (Å²) in [5.74, 6) is 0. The van der Waals surface area contributed by atoms with Crippen LogP contribution in [0.3, 0.4) is 0 Å². The summed E-state index contributed by atoms with van der Waals surface area (Å²) in [6, 6.07) is 13.5. The quantitative estimate of drug-likeness (QED) is 0.154. The van der Waals surface area contributed by atoms with Crippen molar-refractivity contribution in [2.24, 2.45) is 0 Å². The summed E-state index contributed by atoms with van der Waals surface area (Å²) in [5.41, 5.74) is 6.07. The van der Waals surface area contributed by atoms with Crippen molar-refractivity contribution in [2.45, 2.75) is 194 Å². The zero-order chi connectivity index (χ0) is 27.1. The molecule has 0 heterocycles. The first-order valence-corrected chi connectivity index (χ1v) is 24.8. The van der Waals surface area contributed by atoms with Gasteiger partial charge in [-0.15, -0.1) is 0 Å². The van der Waals surface area contributed by atoms with Crippen molar-refractivity contribution < 1.29 is 17.4 Å². The Balaban J connectivity index is 0.000000518. The second-order valence-corrected chi connectivity index (χ2v) is 28.6. The third-order valence-corrected chi connectivity index (χ3v) is 30.1. The Morgan fingerprint density at radius 2 is 0.459 bits per heavy atom. The summed E-state index contributed by atoms with van der Waals surface area (Å²) in [4.78, 5) is 0. The third kappa shape index (κ3) is 10.2. The van der Waals surface area contributed by atoms with E-state index in [2.05, 4.69) is 62.3 Å². The van der Waals surface area contributed by atoms with Gasteiger partial charge in [0.25, 0.3) is 0 Å². The van der Waals surface area contributed by atoms with Gasteiger partial charge in [0.1, 0.15) is 0 Å². The van der Waals surface area contributed by atoms with Gasteiger partial charge in [-0.2, -0.15) is 38.5 Å². The number of rotatable bonds is 12. The normalized spacial score (nSPS) is 19.7. The van der Waals surface area contributed by atoms with E-state index in [9.17, 15) is 0 Å². The largest absolute Gasteiger partial charge is 3.00 e. The first-order chi connectivity index (χ1) is 17.4. The summed E-state index contributed by atoms with van der Waals surface area (Å²) in [6.45, 7) is 21.8. The fourth-order valence-electron chi connectivity index (χ4n) is 8.50. The fourth-order valence-corrected chi connectivity index (χ4v) is 21.7. The van der Waals surface area contributed by atoms with Gasteiger partial charge in [-0.05, 0) is 0 Å². The minimum atomic E-state index is -0.868. The van der Waals surface area contributed by atoms with Gasteiger partial charge < -0.3 is 16.6 Å². The SMILES string of the molecule is CC[Si](CC)(CC)[C-]1CCCC1.CC[Si](CC)(CC)[C-]1CCCC1.CC[Si](CC)(CC)[C-]1CCCC1.[Cr+3]. The second-order valence-electron chi connectivity index (χ2n) is 12.5. The molecule has 4 heteroatoms. The van der Waals surface area contributed by atoms with Crippen molar-refractivity contribution in [1.82, 2.24) is 0 Å². The minimum Gasteiger partial charge on any atom is -0.312 e. The maximum absolute atomic E-state index is 2.42. The Hall–Kier alpha value is 1.18. The molecule has 0 bridgehead atoms. The van der Waals surface area contributed by atoms with Gasteiger partial charge in [0.15, 0.2) is 0 Å². The molecule has 37 heavy (non-hydrogen) atoms. The van der Waals surface area contributed by atoms with E-state index in [0.29, 0.717) is 0 Å². The van der Waals surface area contributed by atoms with Crippen LogP contribution < -0.4 is 0 Å². The summed E-state index contributed by atoms with van der Waals surface area (Å²) in [7, 11) is -2.60. The molecule has 3 aliphatic carbocycles. The molecule has 0 unspecified atom stereocenters. The monoisotopic (exact) mass is 601 g/mol. The summed E-state index contributed by atoms with van der Waals surface area (Å²) < 4.78 is 0. The Morgan fingerprint density at radius 3 is 0.568 bits per heavy atom. The maximum atomic E-state index is 2.42. The van der Waals surface area contributed by atoms with E-state index in [4.69, 9.17) is 0 Å². The Labute approximate surface area is 250 Å². The predicted molar refractivity (Wildman–Crippen MR) is 177 cm³/mol. The fraction of sp³-hybridized carbons (Fsp3) is 0.909. The summed E-state index contributed by atoms with van der Waals surface area (Å²) in [5, 5.41) is 0. The second kappa shape index (κ2) is 20.1. The number of hydrogen-bond donors (Lipinski definition) is 0. The van der Waals surface area contributed by atoms with Crippen LogP contribution in [-0.2, 0) is 17.4 Å². The topological polar surface area (TPSA) is 0 Å². The Morgan fingerprint density at radius 1 is 0.324 bits per heavy atom. The van der Waals surface area contributed by atoms with E-state index < -0.39 is 24.2 Å². The first kappa shape index (κ1) is 38.2. The van der Waals surface area contributed by atoms with Crippen LogP contribution in [0, 0.1) is 16.6 Å². The van der Waals surface area contributed by atoms with Gasteiger partial charge in [0.2, 0.25) is 0 Å². The van der Waals surface area contributed by atoms with Gasteiger partial charge in [-0.25, -0.2) is 0 Å².